The molecule has 0 radical (unpaired) electrons. The van der Waals surface area contributed by atoms with Crippen molar-refractivity contribution >= 4 is 29.3 Å². The third-order valence-electron chi connectivity index (χ3n) is 4.64. The summed E-state index contributed by atoms with van der Waals surface area (Å²) in [5.74, 6) is 1.10. The quantitative estimate of drug-likeness (QED) is 0.541. The number of hydrogen-bond acceptors (Lipinski definition) is 6. The first-order chi connectivity index (χ1) is 14.1. The minimum absolute atomic E-state index is 0.317. The number of nitrogens with zero attached hydrogens (tertiary/aromatic N) is 4. The molecule has 0 saturated heterocycles. The number of aromatic nitrogens is 4. The number of anilines is 1. The molecule has 10 heteroatoms. The van der Waals surface area contributed by atoms with Crippen LogP contribution in [0.2, 0.25) is 0 Å². The fourth-order valence-electron chi connectivity index (χ4n) is 2.94. The summed E-state index contributed by atoms with van der Waals surface area (Å²) in [6, 6.07) is 4.27. The van der Waals surface area contributed by atoms with E-state index in [1.165, 1.54) is 12.3 Å². The summed E-state index contributed by atoms with van der Waals surface area (Å²) in [5, 5.41) is 3.89. The number of aryl methyl sites for hydroxylation is 1. The minimum Gasteiger partial charge on any atom is -0.363 e. The molecule has 2 atom stereocenters. The Kier molecular flexibility index (Phi) is 6.41. The van der Waals surface area contributed by atoms with Crippen molar-refractivity contribution in [2.75, 3.05) is 18.6 Å². The number of fused-ring (bicyclic) bond motifs is 1. The Morgan fingerprint density at radius 3 is 2.50 bits per heavy atom. The van der Waals surface area contributed by atoms with Crippen LogP contribution in [-0.2, 0) is 11.0 Å². The van der Waals surface area contributed by atoms with Crippen molar-refractivity contribution in [3.05, 3.63) is 47.7 Å². The van der Waals surface area contributed by atoms with E-state index in [4.69, 9.17) is 0 Å². The number of alkyl halides is 3. The second-order valence-electron chi connectivity index (χ2n) is 7.37. The Morgan fingerprint density at radius 1 is 1.13 bits per heavy atom. The van der Waals surface area contributed by atoms with Crippen molar-refractivity contribution in [2.45, 2.75) is 38.9 Å². The lowest BCUT2D eigenvalue weighted by atomic mass is 10.1. The second kappa shape index (κ2) is 8.68. The van der Waals surface area contributed by atoms with Crippen molar-refractivity contribution < 1.29 is 17.7 Å². The van der Waals surface area contributed by atoms with Gasteiger partial charge in [0.25, 0.3) is 6.43 Å². The van der Waals surface area contributed by atoms with Crippen molar-refractivity contribution in [3.8, 4) is 0 Å². The van der Waals surface area contributed by atoms with Crippen molar-refractivity contribution in [3.63, 3.8) is 0 Å². The van der Waals surface area contributed by atoms with E-state index in [2.05, 4.69) is 25.3 Å². The first-order valence-corrected chi connectivity index (χ1v) is 12.1. The molecule has 0 amide bonds. The molecule has 6 nitrogen and oxygen atoms in total. The normalized spacial score (nSPS) is 14.1. The summed E-state index contributed by atoms with van der Waals surface area (Å²) >= 11 is 0. The molecular formula is C20H23F3N5OP. The SMILES string of the molecule is CCc1nc(NC(C)c2ccnc(C(F)C(F)F)c2)c2cc(P(C)(C)=O)ncc2n1. The molecule has 0 aromatic carbocycles. The molecule has 0 aliphatic rings. The number of pyridine rings is 2. The molecule has 1 N–H and O–H groups in total. The van der Waals surface area contributed by atoms with Crippen molar-refractivity contribution in [1.29, 1.82) is 0 Å². The summed E-state index contributed by atoms with van der Waals surface area (Å²) in [5.41, 5.74) is 1.33. The molecule has 0 aliphatic carbocycles. The van der Waals surface area contributed by atoms with Gasteiger partial charge >= 0.3 is 0 Å². The summed E-state index contributed by atoms with van der Waals surface area (Å²) < 4.78 is 51.6. The smallest absolute Gasteiger partial charge is 0.275 e. The Balaban J connectivity index is 2.01. The summed E-state index contributed by atoms with van der Waals surface area (Å²) in [7, 11) is -2.60. The zero-order valence-electron chi connectivity index (χ0n) is 17.1. The van der Waals surface area contributed by atoms with Crippen LogP contribution >= 0.6 is 7.14 Å². The zero-order valence-corrected chi connectivity index (χ0v) is 18.0. The molecular weight excluding hydrogens is 414 g/mol. The van der Waals surface area contributed by atoms with Gasteiger partial charge in [-0.3, -0.25) is 9.97 Å². The van der Waals surface area contributed by atoms with Crippen LogP contribution in [0.3, 0.4) is 0 Å². The van der Waals surface area contributed by atoms with Crippen LogP contribution in [0.5, 0.6) is 0 Å². The lowest BCUT2D eigenvalue weighted by molar-refractivity contribution is 0.0472. The summed E-state index contributed by atoms with van der Waals surface area (Å²) in [4.78, 5) is 17.0. The molecule has 3 heterocycles. The van der Waals surface area contributed by atoms with Gasteiger partial charge in [-0.1, -0.05) is 6.92 Å². The maximum Gasteiger partial charge on any atom is 0.275 e. The van der Waals surface area contributed by atoms with Crippen LogP contribution in [0, 0.1) is 0 Å². The molecule has 3 aromatic rings. The van der Waals surface area contributed by atoms with Gasteiger partial charge < -0.3 is 9.88 Å². The van der Waals surface area contributed by atoms with E-state index in [0.29, 0.717) is 40.0 Å². The molecule has 0 aliphatic heterocycles. The van der Waals surface area contributed by atoms with E-state index >= 15 is 0 Å². The highest BCUT2D eigenvalue weighted by molar-refractivity contribution is 7.69. The topological polar surface area (TPSA) is 80.7 Å². The van der Waals surface area contributed by atoms with Gasteiger partial charge in [-0.2, -0.15) is 0 Å². The second-order valence-corrected chi connectivity index (χ2v) is 10.5. The Morgan fingerprint density at radius 2 is 1.87 bits per heavy atom. The van der Waals surface area contributed by atoms with Gasteiger partial charge in [0.1, 0.15) is 24.2 Å². The van der Waals surface area contributed by atoms with Gasteiger partial charge in [0.05, 0.1) is 23.4 Å². The van der Waals surface area contributed by atoms with Gasteiger partial charge in [-0.25, -0.2) is 23.1 Å². The minimum atomic E-state index is -3.14. The maximum atomic E-state index is 13.7. The van der Waals surface area contributed by atoms with Gasteiger partial charge in [-0.15, -0.1) is 0 Å². The molecule has 0 fully saturated rings. The highest BCUT2D eigenvalue weighted by Crippen LogP contribution is 2.35. The molecule has 0 spiro atoms. The standard InChI is InChI=1S/C20H23F3N5OP/c1-5-16-27-15-10-25-17(30(3,4)29)9-13(15)20(28-16)26-11(2)12-6-7-24-14(8-12)18(21)19(22)23/h6-11,18-19H,5H2,1-4H3,(H,26,27,28). The molecule has 0 saturated carbocycles. The van der Waals surface area contributed by atoms with Crippen LogP contribution in [0.4, 0.5) is 19.0 Å². The van der Waals surface area contributed by atoms with Crippen LogP contribution in [-0.4, -0.2) is 39.7 Å². The van der Waals surface area contributed by atoms with Crippen LogP contribution < -0.4 is 10.8 Å². The number of nitrogens with one attached hydrogen (secondary N) is 1. The van der Waals surface area contributed by atoms with Crippen LogP contribution in [0.15, 0.2) is 30.6 Å². The lowest BCUT2D eigenvalue weighted by Crippen LogP contribution is -2.14. The lowest BCUT2D eigenvalue weighted by Gasteiger charge is -2.18. The third kappa shape index (κ3) is 4.78. The summed E-state index contributed by atoms with van der Waals surface area (Å²) in [6.07, 6.45) is -2.11. The first kappa shape index (κ1) is 22.2. The van der Waals surface area contributed by atoms with Gasteiger partial charge in [0, 0.05) is 18.0 Å². The Labute approximate surface area is 172 Å². The zero-order chi connectivity index (χ0) is 22.1. The molecule has 0 bridgehead atoms. The predicted molar refractivity (Wildman–Crippen MR) is 112 cm³/mol. The van der Waals surface area contributed by atoms with Crippen LogP contribution in [0.25, 0.3) is 10.9 Å². The fraction of sp³-hybridized carbons (Fsp3) is 0.400. The Bertz CT molecular complexity index is 1100. The van der Waals surface area contributed by atoms with E-state index < -0.39 is 19.7 Å². The molecule has 3 aromatic heterocycles. The highest BCUT2D eigenvalue weighted by atomic mass is 31.2. The monoisotopic (exact) mass is 437 g/mol. The van der Waals surface area contributed by atoms with E-state index in [0.717, 1.165) is 0 Å². The number of hydrogen-bond donors (Lipinski definition) is 1. The fourth-order valence-corrected chi connectivity index (χ4v) is 3.71. The molecule has 30 heavy (non-hydrogen) atoms. The summed E-state index contributed by atoms with van der Waals surface area (Å²) in [6.45, 7) is 6.99. The van der Waals surface area contributed by atoms with E-state index in [-0.39, 0.29) is 11.7 Å². The number of rotatable bonds is 7. The van der Waals surface area contributed by atoms with E-state index in [1.54, 1.807) is 38.6 Å². The van der Waals surface area contributed by atoms with Gasteiger partial charge in [0.15, 0.2) is 0 Å². The van der Waals surface area contributed by atoms with Crippen LogP contribution in [0.1, 0.15) is 43.1 Å². The number of halogens is 3. The molecule has 2 unspecified atom stereocenters. The highest BCUT2D eigenvalue weighted by Gasteiger charge is 2.24. The molecule has 3 rings (SSSR count). The average molecular weight is 437 g/mol. The van der Waals surface area contributed by atoms with Crippen molar-refractivity contribution in [2.24, 2.45) is 0 Å². The van der Waals surface area contributed by atoms with E-state index in [9.17, 15) is 17.7 Å². The maximum absolute atomic E-state index is 13.7. The molecule has 160 valence electrons. The first-order valence-electron chi connectivity index (χ1n) is 9.47. The van der Waals surface area contributed by atoms with E-state index in [1.807, 2.05) is 6.92 Å². The largest absolute Gasteiger partial charge is 0.363 e. The van der Waals surface area contributed by atoms with Crippen molar-refractivity contribution in [1.82, 2.24) is 19.9 Å². The van der Waals surface area contributed by atoms with Gasteiger partial charge in [-0.05, 0) is 44.0 Å². The van der Waals surface area contributed by atoms with Gasteiger partial charge in [0.2, 0.25) is 6.17 Å². The Hall–Kier alpha value is -2.54. The third-order valence-corrected chi connectivity index (χ3v) is 5.99. The predicted octanol–water partition coefficient (Wildman–Crippen LogP) is 4.68. The average Bonchev–Trinajstić information content (AvgIpc) is 2.71.